The highest BCUT2D eigenvalue weighted by atomic mass is 16.6. The van der Waals surface area contributed by atoms with Crippen LogP contribution in [0.1, 0.15) is 32.0 Å². The average Bonchev–Trinajstić information content (AvgIpc) is 2.84. The Kier molecular flexibility index (Phi) is 4.86. The molecule has 0 spiro atoms. The molecule has 24 heavy (non-hydrogen) atoms. The van der Waals surface area contributed by atoms with Crippen LogP contribution >= 0.6 is 0 Å². The van der Waals surface area contributed by atoms with E-state index in [2.05, 4.69) is 10.4 Å². The molecule has 1 aromatic carbocycles. The number of para-hydroxylation sites is 1. The minimum absolute atomic E-state index is 0.0360. The van der Waals surface area contributed by atoms with Crippen LogP contribution in [0.4, 0.5) is 10.6 Å². The summed E-state index contributed by atoms with van der Waals surface area (Å²) in [6.45, 7) is 5.23. The van der Waals surface area contributed by atoms with Crippen LogP contribution in [0.2, 0.25) is 0 Å². The number of nitrogens with zero attached hydrogens (tertiary/aromatic N) is 4. The van der Waals surface area contributed by atoms with Gasteiger partial charge in [0, 0.05) is 0 Å². The highest BCUT2D eigenvalue weighted by Crippen LogP contribution is 2.24. The molecule has 1 aromatic heterocycles. The first kappa shape index (κ1) is 17.0. The average molecular weight is 323 g/mol. The Labute approximate surface area is 140 Å². The highest BCUT2D eigenvalue weighted by Gasteiger charge is 2.23. The van der Waals surface area contributed by atoms with Crippen molar-refractivity contribution in [2.24, 2.45) is 0 Å². The van der Waals surface area contributed by atoms with E-state index in [0.717, 1.165) is 0 Å². The summed E-state index contributed by atoms with van der Waals surface area (Å²) in [4.78, 5) is 12.1. The third-order valence-corrected chi connectivity index (χ3v) is 2.94. The standard InChI is InChI=1S/C17H17N5O2/c1-17(2,3)24-16(23)20-15-13(11-19)14(9-10-18)21-22(15)12-7-5-4-6-8-12/h4-8H,9H2,1-3H3,(H,20,23). The van der Waals surface area contributed by atoms with Crippen molar-refractivity contribution in [1.29, 1.82) is 10.5 Å². The molecule has 1 N–H and O–H groups in total. The predicted octanol–water partition coefficient (Wildman–Crippen LogP) is 3.16. The molecule has 0 bridgehead atoms. The van der Waals surface area contributed by atoms with Crippen molar-refractivity contribution in [3.63, 3.8) is 0 Å². The Balaban J connectivity index is 2.49. The summed E-state index contributed by atoms with van der Waals surface area (Å²) in [6.07, 6.45) is -0.731. The van der Waals surface area contributed by atoms with Gasteiger partial charge in [-0.05, 0) is 32.9 Å². The van der Waals surface area contributed by atoms with E-state index in [0.29, 0.717) is 11.4 Å². The number of benzene rings is 1. The topological polar surface area (TPSA) is 104 Å². The Morgan fingerprint density at radius 2 is 1.96 bits per heavy atom. The number of nitrogens with one attached hydrogen (secondary N) is 1. The van der Waals surface area contributed by atoms with Crippen molar-refractivity contribution in [3.8, 4) is 17.8 Å². The van der Waals surface area contributed by atoms with Gasteiger partial charge in [-0.25, -0.2) is 9.48 Å². The van der Waals surface area contributed by atoms with E-state index in [4.69, 9.17) is 10.00 Å². The van der Waals surface area contributed by atoms with Crippen LogP contribution in [-0.2, 0) is 11.2 Å². The van der Waals surface area contributed by atoms with E-state index in [1.54, 1.807) is 32.9 Å². The summed E-state index contributed by atoms with van der Waals surface area (Å²) in [5.74, 6) is 0.184. The van der Waals surface area contributed by atoms with Gasteiger partial charge in [0.25, 0.3) is 0 Å². The fourth-order valence-electron chi connectivity index (χ4n) is 2.05. The van der Waals surface area contributed by atoms with Crippen molar-refractivity contribution >= 4 is 11.9 Å². The Morgan fingerprint density at radius 1 is 1.29 bits per heavy atom. The van der Waals surface area contributed by atoms with E-state index >= 15 is 0 Å². The molecule has 2 aromatic rings. The number of carbonyl (C=O) groups excluding carboxylic acids is 1. The van der Waals surface area contributed by atoms with Crippen LogP contribution in [0.5, 0.6) is 0 Å². The first-order valence-corrected chi connectivity index (χ1v) is 7.30. The van der Waals surface area contributed by atoms with Crippen LogP contribution in [0.15, 0.2) is 30.3 Å². The first-order valence-electron chi connectivity index (χ1n) is 7.30. The zero-order chi connectivity index (χ0) is 17.7. The van der Waals surface area contributed by atoms with Gasteiger partial charge in [-0.3, -0.25) is 5.32 Å². The Bertz CT molecular complexity index is 820. The van der Waals surface area contributed by atoms with E-state index < -0.39 is 11.7 Å². The number of carbonyl (C=O) groups is 1. The van der Waals surface area contributed by atoms with Gasteiger partial charge in [-0.15, -0.1) is 0 Å². The summed E-state index contributed by atoms with van der Waals surface area (Å²) in [6, 6.07) is 13.0. The third-order valence-electron chi connectivity index (χ3n) is 2.94. The van der Waals surface area contributed by atoms with Gasteiger partial charge in [0.05, 0.1) is 23.9 Å². The number of aromatic nitrogens is 2. The van der Waals surface area contributed by atoms with Crippen LogP contribution in [0.3, 0.4) is 0 Å². The number of nitriles is 2. The largest absolute Gasteiger partial charge is 0.444 e. The molecule has 7 heteroatoms. The molecule has 2 rings (SSSR count). The van der Waals surface area contributed by atoms with E-state index in [1.165, 1.54) is 4.68 Å². The normalized spacial score (nSPS) is 10.5. The summed E-state index contributed by atoms with van der Waals surface area (Å²) in [5.41, 5.74) is 0.426. The number of ether oxygens (including phenoxy) is 1. The van der Waals surface area contributed by atoms with Gasteiger partial charge in [0.2, 0.25) is 0 Å². The van der Waals surface area contributed by atoms with Gasteiger partial charge in [0.15, 0.2) is 5.82 Å². The molecule has 122 valence electrons. The first-order chi connectivity index (χ1) is 11.4. The highest BCUT2D eigenvalue weighted by molar-refractivity contribution is 5.86. The summed E-state index contributed by atoms with van der Waals surface area (Å²) >= 11 is 0. The van der Waals surface area contributed by atoms with Crippen LogP contribution < -0.4 is 5.32 Å². The molecule has 0 fully saturated rings. The van der Waals surface area contributed by atoms with Gasteiger partial charge >= 0.3 is 6.09 Å². The molecular weight excluding hydrogens is 306 g/mol. The van der Waals surface area contributed by atoms with Crippen LogP contribution in [-0.4, -0.2) is 21.5 Å². The van der Waals surface area contributed by atoms with Gasteiger partial charge in [-0.1, -0.05) is 18.2 Å². The fraction of sp³-hybridized carbons (Fsp3) is 0.294. The maximum atomic E-state index is 12.1. The van der Waals surface area contributed by atoms with Crippen molar-refractivity contribution in [2.45, 2.75) is 32.8 Å². The smallest absolute Gasteiger partial charge is 0.413 e. The quantitative estimate of drug-likeness (QED) is 0.934. The molecule has 0 aliphatic carbocycles. The molecule has 1 heterocycles. The van der Waals surface area contributed by atoms with E-state index in [9.17, 15) is 10.1 Å². The van der Waals surface area contributed by atoms with Crippen molar-refractivity contribution < 1.29 is 9.53 Å². The summed E-state index contributed by atoms with van der Waals surface area (Å²) in [5, 5.41) is 25.2. The second-order valence-corrected chi connectivity index (χ2v) is 5.99. The maximum absolute atomic E-state index is 12.1. The maximum Gasteiger partial charge on any atom is 0.413 e. The van der Waals surface area contributed by atoms with Gasteiger partial charge in [0.1, 0.15) is 17.2 Å². The lowest BCUT2D eigenvalue weighted by atomic mass is 10.2. The number of rotatable bonds is 3. The van der Waals surface area contributed by atoms with Gasteiger partial charge < -0.3 is 4.74 Å². The Hall–Kier alpha value is -3.32. The molecule has 0 saturated carbocycles. The van der Waals surface area contributed by atoms with Crippen molar-refractivity contribution in [2.75, 3.05) is 5.32 Å². The van der Waals surface area contributed by atoms with Crippen LogP contribution in [0.25, 0.3) is 5.69 Å². The number of hydrogen-bond acceptors (Lipinski definition) is 5. The zero-order valence-electron chi connectivity index (χ0n) is 13.7. The molecule has 0 radical (unpaired) electrons. The lowest BCUT2D eigenvalue weighted by Crippen LogP contribution is -2.28. The second-order valence-electron chi connectivity index (χ2n) is 5.99. The van der Waals surface area contributed by atoms with E-state index in [-0.39, 0.29) is 17.8 Å². The van der Waals surface area contributed by atoms with Crippen molar-refractivity contribution in [1.82, 2.24) is 9.78 Å². The zero-order valence-corrected chi connectivity index (χ0v) is 13.7. The molecule has 0 aliphatic heterocycles. The predicted molar refractivity (Wildman–Crippen MR) is 87.5 cm³/mol. The SMILES string of the molecule is CC(C)(C)OC(=O)Nc1c(C#N)c(CC#N)nn1-c1ccccc1. The fourth-order valence-corrected chi connectivity index (χ4v) is 2.05. The summed E-state index contributed by atoms with van der Waals surface area (Å²) < 4.78 is 6.66. The molecule has 0 unspecified atom stereocenters. The van der Waals surface area contributed by atoms with Crippen molar-refractivity contribution in [3.05, 3.63) is 41.6 Å². The summed E-state index contributed by atoms with van der Waals surface area (Å²) in [7, 11) is 0. The molecular formula is C17H17N5O2. The monoisotopic (exact) mass is 323 g/mol. The minimum atomic E-state index is -0.695. The molecule has 0 aliphatic rings. The van der Waals surface area contributed by atoms with Crippen LogP contribution in [0, 0.1) is 22.7 Å². The number of anilines is 1. The molecule has 0 saturated heterocycles. The third kappa shape index (κ3) is 3.90. The Morgan fingerprint density at radius 3 is 2.50 bits per heavy atom. The minimum Gasteiger partial charge on any atom is -0.444 e. The second kappa shape index (κ2) is 6.84. The molecule has 7 nitrogen and oxygen atoms in total. The molecule has 1 amide bonds. The molecule has 0 atom stereocenters. The number of hydrogen-bond donors (Lipinski definition) is 1. The van der Waals surface area contributed by atoms with E-state index in [1.807, 2.05) is 30.3 Å². The number of amides is 1. The lowest BCUT2D eigenvalue weighted by Gasteiger charge is -2.20. The van der Waals surface area contributed by atoms with Gasteiger partial charge in [-0.2, -0.15) is 15.6 Å². The lowest BCUT2D eigenvalue weighted by molar-refractivity contribution is 0.0635.